The summed E-state index contributed by atoms with van der Waals surface area (Å²) in [4.78, 5) is 27.7. The van der Waals surface area contributed by atoms with E-state index in [0.717, 1.165) is 12.8 Å². The SMILES string of the molecule is CC(CN(C)C(=O)CC1(C)CC1)NC(=O)CN1CCS(=O)(=O)CC1. The molecule has 8 heteroatoms. The standard InChI is InChI=1S/C16H29N3O4S/c1-13(11-18(3)15(21)10-16(2)4-5-16)17-14(20)12-19-6-8-24(22,23)9-7-19/h13H,4-12H2,1-3H3,(H,17,20). The highest BCUT2D eigenvalue weighted by molar-refractivity contribution is 7.91. The Morgan fingerprint density at radius 1 is 1.25 bits per heavy atom. The Hall–Kier alpha value is -1.15. The molecule has 1 saturated carbocycles. The minimum absolute atomic E-state index is 0.117. The number of carbonyl (C=O) groups is 2. The molecule has 0 aromatic rings. The van der Waals surface area contributed by atoms with Gasteiger partial charge in [-0.25, -0.2) is 8.42 Å². The average Bonchev–Trinajstić information content (AvgIpc) is 3.18. The number of amides is 2. The lowest BCUT2D eigenvalue weighted by atomic mass is 10.1. The van der Waals surface area contributed by atoms with Crippen molar-refractivity contribution in [2.45, 2.75) is 39.2 Å². The highest BCUT2D eigenvalue weighted by Gasteiger charge is 2.39. The fourth-order valence-corrected chi connectivity index (χ4v) is 4.16. The van der Waals surface area contributed by atoms with E-state index in [1.807, 2.05) is 11.8 Å². The Morgan fingerprint density at radius 3 is 2.38 bits per heavy atom. The summed E-state index contributed by atoms with van der Waals surface area (Å²) in [5, 5.41) is 2.89. The van der Waals surface area contributed by atoms with E-state index in [4.69, 9.17) is 0 Å². The van der Waals surface area contributed by atoms with E-state index in [1.165, 1.54) is 0 Å². The van der Waals surface area contributed by atoms with E-state index >= 15 is 0 Å². The maximum absolute atomic E-state index is 12.1. The lowest BCUT2D eigenvalue weighted by Gasteiger charge is -2.27. The second-order valence-electron chi connectivity index (χ2n) is 7.66. The molecule has 0 bridgehead atoms. The number of likely N-dealkylation sites (N-methyl/N-ethyl adjacent to an activating group) is 1. The van der Waals surface area contributed by atoms with Crippen molar-refractivity contribution in [2.75, 3.05) is 44.7 Å². The first-order chi connectivity index (χ1) is 11.1. The minimum atomic E-state index is -2.93. The minimum Gasteiger partial charge on any atom is -0.351 e. The van der Waals surface area contributed by atoms with E-state index in [-0.39, 0.29) is 41.3 Å². The molecule has 2 aliphatic rings. The van der Waals surface area contributed by atoms with Gasteiger partial charge in [0.05, 0.1) is 18.1 Å². The second-order valence-corrected chi connectivity index (χ2v) is 9.96. The van der Waals surface area contributed by atoms with Crippen molar-refractivity contribution in [2.24, 2.45) is 5.41 Å². The molecule has 1 unspecified atom stereocenters. The van der Waals surface area contributed by atoms with Crippen molar-refractivity contribution in [1.82, 2.24) is 15.1 Å². The molecule has 1 saturated heterocycles. The quantitative estimate of drug-likeness (QED) is 0.684. The summed E-state index contributed by atoms with van der Waals surface area (Å²) >= 11 is 0. The number of nitrogens with zero attached hydrogens (tertiary/aromatic N) is 2. The van der Waals surface area contributed by atoms with E-state index < -0.39 is 9.84 Å². The lowest BCUT2D eigenvalue weighted by Crippen LogP contribution is -2.49. The molecule has 7 nitrogen and oxygen atoms in total. The van der Waals surface area contributed by atoms with Gasteiger partial charge in [-0.2, -0.15) is 0 Å². The molecule has 0 aromatic carbocycles. The molecule has 1 atom stereocenters. The van der Waals surface area contributed by atoms with Gasteiger partial charge in [-0.3, -0.25) is 14.5 Å². The molecule has 1 aliphatic carbocycles. The molecule has 2 fully saturated rings. The molecule has 1 heterocycles. The maximum atomic E-state index is 12.1. The Bertz CT molecular complexity index is 572. The normalized spacial score (nSPS) is 23.3. The third-order valence-corrected chi connectivity index (χ3v) is 6.48. The van der Waals surface area contributed by atoms with Crippen LogP contribution in [0.25, 0.3) is 0 Å². The summed E-state index contributed by atoms with van der Waals surface area (Å²) in [5.74, 6) is 0.228. The van der Waals surface area contributed by atoms with E-state index in [1.54, 1.807) is 11.9 Å². The molecule has 2 amide bonds. The summed E-state index contributed by atoms with van der Waals surface area (Å²) in [5.41, 5.74) is 0.187. The number of hydrogen-bond donors (Lipinski definition) is 1. The van der Waals surface area contributed by atoms with E-state index in [9.17, 15) is 18.0 Å². The zero-order chi connectivity index (χ0) is 18.0. The van der Waals surface area contributed by atoms with Gasteiger partial charge in [0.1, 0.15) is 0 Å². The summed E-state index contributed by atoms with van der Waals surface area (Å²) in [6.45, 7) is 5.50. The molecular formula is C16H29N3O4S. The van der Waals surface area contributed by atoms with Crippen LogP contribution in [0.3, 0.4) is 0 Å². The second kappa shape index (κ2) is 7.39. The van der Waals surface area contributed by atoms with Crippen LogP contribution in [0.4, 0.5) is 0 Å². The van der Waals surface area contributed by atoms with Gasteiger partial charge in [0, 0.05) is 39.1 Å². The van der Waals surface area contributed by atoms with Gasteiger partial charge in [-0.05, 0) is 25.2 Å². The summed E-state index contributed by atoms with van der Waals surface area (Å²) < 4.78 is 22.8. The molecule has 138 valence electrons. The average molecular weight is 359 g/mol. The fourth-order valence-electron chi connectivity index (χ4n) is 2.88. The van der Waals surface area contributed by atoms with Crippen LogP contribution in [0.5, 0.6) is 0 Å². The van der Waals surface area contributed by atoms with Gasteiger partial charge >= 0.3 is 0 Å². The molecule has 0 aromatic heterocycles. The third kappa shape index (κ3) is 6.05. The Kier molecular flexibility index (Phi) is 5.91. The van der Waals surface area contributed by atoms with Crippen LogP contribution in [-0.4, -0.2) is 80.8 Å². The van der Waals surface area contributed by atoms with Crippen LogP contribution in [0, 0.1) is 5.41 Å². The van der Waals surface area contributed by atoms with Gasteiger partial charge in [0.2, 0.25) is 11.8 Å². The first-order valence-corrected chi connectivity index (χ1v) is 10.4. The third-order valence-electron chi connectivity index (χ3n) is 4.87. The smallest absolute Gasteiger partial charge is 0.234 e. The predicted molar refractivity (Wildman–Crippen MR) is 92.3 cm³/mol. The van der Waals surface area contributed by atoms with Gasteiger partial charge in [-0.15, -0.1) is 0 Å². The van der Waals surface area contributed by atoms with Gasteiger partial charge in [0.25, 0.3) is 0 Å². The van der Waals surface area contributed by atoms with E-state index in [0.29, 0.717) is 26.1 Å². The predicted octanol–water partition coefficient (Wildman–Crippen LogP) is -0.130. The van der Waals surface area contributed by atoms with Gasteiger partial charge in [-0.1, -0.05) is 6.92 Å². The van der Waals surface area contributed by atoms with E-state index in [2.05, 4.69) is 12.2 Å². The monoisotopic (exact) mass is 359 g/mol. The zero-order valence-corrected chi connectivity index (χ0v) is 15.7. The van der Waals surface area contributed by atoms with Crippen molar-refractivity contribution >= 4 is 21.7 Å². The van der Waals surface area contributed by atoms with Crippen LogP contribution >= 0.6 is 0 Å². The Labute approximate surface area is 144 Å². The Balaban J connectivity index is 1.68. The van der Waals surface area contributed by atoms with Crippen LogP contribution in [0.2, 0.25) is 0 Å². The van der Waals surface area contributed by atoms with Crippen molar-refractivity contribution in [3.05, 3.63) is 0 Å². The molecule has 2 rings (SSSR count). The molecule has 1 aliphatic heterocycles. The largest absolute Gasteiger partial charge is 0.351 e. The molecule has 1 N–H and O–H groups in total. The molecule has 0 radical (unpaired) electrons. The Morgan fingerprint density at radius 2 is 1.83 bits per heavy atom. The highest BCUT2D eigenvalue weighted by Crippen LogP contribution is 2.48. The van der Waals surface area contributed by atoms with Crippen LogP contribution in [0.15, 0.2) is 0 Å². The molecule has 0 spiro atoms. The number of nitrogens with one attached hydrogen (secondary N) is 1. The summed E-state index contributed by atoms with van der Waals surface area (Å²) in [6, 6.07) is -0.132. The van der Waals surface area contributed by atoms with Crippen LogP contribution in [-0.2, 0) is 19.4 Å². The molecular weight excluding hydrogens is 330 g/mol. The van der Waals surface area contributed by atoms with Crippen molar-refractivity contribution in [1.29, 1.82) is 0 Å². The summed E-state index contributed by atoms with van der Waals surface area (Å²) in [7, 11) is -1.16. The highest BCUT2D eigenvalue weighted by atomic mass is 32.2. The number of hydrogen-bond acceptors (Lipinski definition) is 5. The van der Waals surface area contributed by atoms with Crippen LogP contribution < -0.4 is 5.32 Å². The first-order valence-electron chi connectivity index (χ1n) is 8.55. The van der Waals surface area contributed by atoms with Gasteiger partial charge < -0.3 is 10.2 Å². The number of sulfone groups is 1. The number of carbonyl (C=O) groups excluding carboxylic acids is 2. The lowest BCUT2D eigenvalue weighted by molar-refractivity contribution is -0.132. The van der Waals surface area contributed by atoms with Crippen LogP contribution in [0.1, 0.15) is 33.1 Å². The van der Waals surface area contributed by atoms with Crippen molar-refractivity contribution < 1.29 is 18.0 Å². The number of rotatable bonds is 7. The zero-order valence-electron chi connectivity index (χ0n) is 14.9. The summed E-state index contributed by atoms with van der Waals surface area (Å²) in [6.07, 6.45) is 2.81. The molecule has 24 heavy (non-hydrogen) atoms. The maximum Gasteiger partial charge on any atom is 0.234 e. The van der Waals surface area contributed by atoms with Gasteiger partial charge in [0.15, 0.2) is 9.84 Å². The van der Waals surface area contributed by atoms with Crippen molar-refractivity contribution in [3.8, 4) is 0 Å². The first kappa shape index (κ1) is 19.2. The van der Waals surface area contributed by atoms with Crippen molar-refractivity contribution in [3.63, 3.8) is 0 Å². The fraction of sp³-hybridized carbons (Fsp3) is 0.875. The topological polar surface area (TPSA) is 86.8 Å².